The summed E-state index contributed by atoms with van der Waals surface area (Å²) in [6.07, 6.45) is 0.996. The van der Waals surface area contributed by atoms with E-state index in [1.165, 1.54) is 7.05 Å². The molecule has 2 aliphatic heterocycles. The predicted octanol–water partition coefficient (Wildman–Crippen LogP) is -1.10. The molecule has 100 valence electrons. The predicted molar refractivity (Wildman–Crippen MR) is 64.6 cm³/mol. The van der Waals surface area contributed by atoms with E-state index in [-0.39, 0.29) is 41.5 Å². The van der Waals surface area contributed by atoms with Gasteiger partial charge in [0, 0.05) is 25.9 Å². The van der Waals surface area contributed by atoms with Gasteiger partial charge >= 0.3 is 0 Å². The van der Waals surface area contributed by atoms with Gasteiger partial charge in [0.05, 0.1) is 11.5 Å². The summed E-state index contributed by atoms with van der Waals surface area (Å²) in [5.74, 6) is -0.407. The molecule has 0 spiro atoms. The van der Waals surface area contributed by atoms with Gasteiger partial charge in [0.25, 0.3) is 5.91 Å². The van der Waals surface area contributed by atoms with Crippen LogP contribution in [0.3, 0.4) is 0 Å². The molecule has 0 bridgehead atoms. The Morgan fingerprint density at radius 3 is 2.72 bits per heavy atom. The Kier molecular flexibility index (Phi) is 3.38. The van der Waals surface area contributed by atoms with Crippen LogP contribution >= 0.6 is 0 Å². The zero-order valence-corrected chi connectivity index (χ0v) is 10.9. The van der Waals surface area contributed by atoms with Gasteiger partial charge in [-0.25, -0.2) is 13.4 Å². The minimum absolute atomic E-state index is 0.0131. The summed E-state index contributed by atoms with van der Waals surface area (Å²) < 4.78 is 22.5. The van der Waals surface area contributed by atoms with Crippen LogP contribution in [0.4, 0.5) is 0 Å². The number of hydrazone groups is 1. The van der Waals surface area contributed by atoms with E-state index in [1.54, 1.807) is 0 Å². The quantitative estimate of drug-likeness (QED) is 0.690. The van der Waals surface area contributed by atoms with Gasteiger partial charge in [-0.3, -0.25) is 9.59 Å². The second kappa shape index (κ2) is 4.68. The molecule has 2 rings (SSSR count). The molecule has 0 aliphatic carbocycles. The average molecular weight is 273 g/mol. The van der Waals surface area contributed by atoms with E-state index in [0.717, 1.165) is 5.01 Å². The number of rotatable bonds is 2. The van der Waals surface area contributed by atoms with Gasteiger partial charge in [-0.1, -0.05) is 0 Å². The number of carbonyl (C=O) groups is 2. The van der Waals surface area contributed by atoms with Crippen molar-refractivity contribution in [1.29, 1.82) is 0 Å². The fraction of sp³-hybridized carbons (Fsp3) is 0.700. The van der Waals surface area contributed by atoms with Crippen LogP contribution < -0.4 is 5.32 Å². The molecule has 18 heavy (non-hydrogen) atoms. The van der Waals surface area contributed by atoms with Gasteiger partial charge in [0.15, 0.2) is 9.84 Å². The molecule has 8 heteroatoms. The zero-order chi connectivity index (χ0) is 13.3. The van der Waals surface area contributed by atoms with Crippen LogP contribution in [-0.4, -0.2) is 55.5 Å². The standard InChI is InChI=1S/C10H15N3O4S/c1-13-9(14)3-2-8(12-13)10(15)11-7-4-5-18(16,17)6-7/h7H,2-6H2,1H3,(H,11,15). The highest BCUT2D eigenvalue weighted by Gasteiger charge is 2.30. The van der Waals surface area contributed by atoms with Crippen LogP contribution in [0.25, 0.3) is 0 Å². The van der Waals surface area contributed by atoms with E-state index in [2.05, 4.69) is 10.4 Å². The number of hydrogen-bond donors (Lipinski definition) is 1. The minimum atomic E-state index is -3.01. The second-order valence-corrected chi connectivity index (χ2v) is 6.77. The van der Waals surface area contributed by atoms with Gasteiger partial charge in [-0.15, -0.1) is 0 Å². The van der Waals surface area contributed by atoms with Crippen molar-refractivity contribution in [1.82, 2.24) is 10.3 Å². The maximum atomic E-state index is 11.8. The molecule has 0 aromatic heterocycles. The van der Waals surface area contributed by atoms with Crippen LogP contribution in [0.1, 0.15) is 19.3 Å². The van der Waals surface area contributed by atoms with Crippen LogP contribution in [0, 0.1) is 0 Å². The molecule has 0 radical (unpaired) electrons. The highest BCUT2D eigenvalue weighted by Crippen LogP contribution is 2.12. The molecule has 1 saturated heterocycles. The largest absolute Gasteiger partial charge is 0.347 e. The van der Waals surface area contributed by atoms with Gasteiger partial charge in [-0.2, -0.15) is 5.10 Å². The fourth-order valence-corrected chi connectivity index (χ4v) is 3.68. The van der Waals surface area contributed by atoms with Gasteiger partial charge in [-0.05, 0) is 6.42 Å². The molecule has 0 aromatic carbocycles. The molecule has 2 heterocycles. The third-order valence-corrected chi connectivity index (χ3v) is 4.81. The Labute approximate surface area is 105 Å². The van der Waals surface area contributed by atoms with Crippen molar-refractivity contribution < 1.29 is 18.0 Å². The Balaban J connectivity index is 1.97. The fourth-order valence-electron chi connectivity index (χ4n) is 2.01. The average Bonchev–Trinajstić information content (AvgIpc) is 2.62. The number of carbonyl (C=O) groups excluding carboxylic acids is 2. The molecule has 2 amide bonds. The summed E-state index contributed by atoms with van der Waals surface area (Å²) in [6.45, 7) is 0. The topological polar surface area (TPSA) is 95.9 Å². The maximum Gasteiger partial charge on any atom is 0.267 e. The smallest absolute Gasteiger partial charge is 0.267 e. The maximum absolute atomic E-state index is 11.8. The minimum Gasteiger partial charge on any atom is -0.347 e. The first-order valence-corrected chi connectivity index (χ1v) is 7.55. The molecular weight excluding hydrogens is 258 g/mol. The van der Waals surface area contributed by atoms with Crippen molar-refractivity contribution in [3.05, 3.63) is 0 Å². The summed E-state index contributed by atoms with van der Waals surface area (Å²) in [5.41, 5.74) is 0.279. The first-order valence-electron chi connectivity index (χ1n) is 5.73. The van der Waals surface area contributed by atoms with E-state index in [9.17, 15) is 18.0 Å². The van der Waals surface area contributed by atoms with Gasteiger partial charge < -0.3 is 5.32 Å². The molecule has 1 atom stereocenters. The Morgan fingerprint density at radius 2 is 2.17 bits per heavy atom. The van der Waals surface area contributed by atoms with Crippen molar-refractivity contribution in [2.24, 2.45) is 5.10 Å². The van der Waals surface area contributed by atoms with Crippen LogP contribution in [0.5, 0.6) is 0 Å². The summed E-state index contributed by atoms with van der Waals surface area (Å²) in [7, 11) is -1.52. The molecule has 0 saturated carbocycles. The van der Waals surface area contributed by atoms with E-state index in [1.807, 2.05) is 0 Å². The lowest BCUT2D eigenvalue weighted by Crippen LogP contribution is -2.42. The number of nitrogens with zero attached hydrogens (tertiary/aromatic N) is 2. The Bertz CT molecular complexity index is 511. The van der Waals surface area contributed by atoms with Crippen molar-refractivity contribution in [3.8, 4) is 0 Å². The van der Waals surface area contributed by atoms with E-state index < -0.39 is 9.84 Å². The second-order valence-electron chi connectivity index (χ2n) is 4.54. The summed E-state index contributed by atoms with van der Waals surface area (Å²) in [6, 6.07) is -0.340. The van der Waals surface area contributed by atoms with Gasteiger partial charge in [0.2, 0.25) is 5.91 Å². The number of amides is 2. The van der Waals surface area contributed by atoms with Crippen molar-refractivity contribution in [2.45, 2.75) is 25.3 Å². The van der Waals surface area contributed by atoms with E-state index in [4.69, 9.17) is 0 Å². The normalized spacial score (nSPS) is 26.9. The molecular formula is C10H15N3O4S. The van der Waals surface area contributed by atoms with E-state index in [0.29, 0.717) is 12.8 Å². The molecule has 7 nitrogen and oxygen atoms in total. The first-order chi connectivity index (χ1) is 8.37. The van der Waals surface area contributed by atoms with Crippen LogP contribution in [0.15, 0.2) is 5.10 Å². The summed E-state index contributed by atoms with van der Waals surface area (Å²) in [5, 5.41) is 7.68. The Hall–Kier alpha value is -1.44. The summed E-state index contributed by atoms with van der Waals surface area (Å²) >= 11 is 0. The lowest BCUT2D eigenvalue weighted by molar-refractivity contribution is -0.130. The third-order valence-electron chi connectivity index (χ3n) is 3.04. The SMILES string of the molecule is CN1N=C(C(=O)NC2CCS(=O)(=O)C2)CCC1=O. The first kappa shape index (κ1) is 13.0. The lowest BCUT2D eigenvalue weighted by atomic mass is 10.1. The lowest BCUT2D eigenvalue weighted by Gasteiger charge is -2.20. The third kappa shape index (κ3) is 2.87. The monoisotopic (exact) mass is 273 g/mol. The highest BCUT2D eigenvalue weighted by atomic mass is 32.2. The molecule has 1 N–H and O–H groups in total. The summed E-state index contributed by atoms with van der Waals surface area (Å²) in [4.78, 5) is 23.0. The van der Waals surface area contributed by atoms with E-state index >= 15 is 0 Å². The van der Waals surface area contributed by atoms with Crippen molar-refractivity contribution >= 4 is 27.4 Å². The molecule has 2 aliphatic rings. The highest BCUT2D eigenvalue weighted by molar-refractivity contribution is 7.91. The number of hydrogen-bond acceptors (Lipinski definition) is 5. The molecule has 1 unspecified atom stereocenters. The molecule has 1 fully saturated rings. The van der Waals surface area contributed by atoms with Crippen molar-refractivity contribution in [2.75, 3.05) is 18.6 Å². The van der Waals surface area contributed by atoms with Crippen LogP contribution in [-0.2, 0) is 19.4 Å². The Morgan fingerprint density at radius 1 is 1.44 bits per heavy atom. The van der Waals surface area contributed by atoms with Crippen molar-refractivity contribution in [3.63, 3.8) is 0 Å². The zero-order valence-electron chi connectivity index (χ0n) is 10.0. The van der Waals surface area contributed by atoms with Gasteiger partial charge in [0.1, 0.15) is 5.71 Å². The number of nitrogens with one attached hydrogen (secondary N) is 1. The molecule has 0 aromatic rings. The van der Waals surface area contributed by atoms with Crippen LogP contribution in [0.2, 0.25) is 0 Å². The number of sulfone groups is 1.